The highest BCUT2D eigenvalue weighted by Gasteiger charge is 2.25. The highest BCUT2D eigenvalue weighted by molar-refractivity contribution is 5.83. The lowest BCUT2D eigenvalue weighted by molar-refractivity contribution is -0.120. The molecule has 17 heavy (non-hydrogen) atoms. The Morgan fingerprint density at radius 3 is 2.71 bits per heavy atom. The molecular weight excluding hydrogens is 210 g/mol. The number of carbonyl (C=O) groups is 1. The number of anilines is 1. The van der Waals surface area contributed by atoms with Crippen molar-refractivity contribution in [3.8, 4) is 0 Å². The summed E-state index contributed by atoms with van der Waals surface area (Å²) in [6.07, 6.45) is 2.92. The van der Waals surface area contributed by atoms with Crippen molar-refractivity contribution >= 4 is 11.5 Å². The highest BCUT2D eigenvalue weighted by atomic mass is 16.1. The number of ketones is 1. The zero-order chi connectivity index (χ0) is 12.4. The van der Waals surface area contributed by atoms with E-state index >= 15 is 0 Å². The monoisotopic (exact) mass is 231 g/mol. The Morgan fingerprint density at radius 1 is 1.35 bits per heavy atom. The lowest BCUT2D eigenvalue weighted by Gasteiger charge is -2.24. The number of nitrogens with zero attached hydrogens (tertiary/aromatic N) is 1. The Bertz CT molecular complexity index is 425. The van der Waals surface area contributed by atoms with Crippen molar-refractivity contribution in [2.75, 3.05) is 18.5 Å². The fourth-order valence-electron chi connectivity index (χ4n) is 2.74. The minimum atomic E-state index is 0.251. The molecule has 92 valence electrons. The van der Waals surface area contributed by atoms with Gasteiger partial charge in [0.1, 0.15) is 5.78 Å². The van der Waals surface area contributed by atoms with Crippen LogP contribution in [0.15, 0.2) is 18.2 Å². The van der Waals surface area contributed by atoms with Gasteiger partial charge in [-0.05, 0) is 38.3 Å². The molecule has 2 heteroatoms. The quantitative estimate of drug-likeness (QED) is 0.796. The number of hydrogen-bond acceptors (Lipinski definition) is 2. The van der Waals surface area contributed by atoms with Crippen LogP contribution in [-0.4, -0.2) is 19.4 Å². The Labute approximate surface area is 104 Å². The number of hydrogen-bond donors (Lipinski definition) is 0. The van der Waals surface area contributed by atoms with E-state index in [1.807, 2.05) is 0 Å². The molecule has 0 heterocycles. The SMILES string of the molecule is Cc1ccc(N(C)CC2CCCC2=O)c(C)c1. The van der Waals surface area contributed by atoms with Crippen LogP contribution >= 0.6 is 0 Å². The summed E-state index contributed by atoms with van der Waals surface area (Å²) in [4.78, 5) is 13.9. The van der Waals surface area contributed by atoms with Crippen molar-refractivity contribution < 1.29 is 4.79 Å². The summed E-state index contributed by atoms with van der Waals surface area (Å²) >= 11 is 0. The third-order valence-electron chi connectivity index (χ3n) is 3.69. The van der Waals surface area contributed by atoms with Gasteiger partial charge in [0.25, 0.3) is 0 Å². The fourth-order valence-corrected chi connectivity index (χ4v) is 2.74. The van der Waals surface area contributed by atoms with Crippen LogP contribution in [0, 0.1) is 19.8 Å². The molecule has 1 saturated carbocycles. The third kappa shape index (κ3) is 2.68. The summed E-state index contributed by atoms with van der Waals surface area (Å²) in [5.74, 6) is 0.697. The van der Waals surface area contributed by atoms with E-state index in [0.717, 1.165) is 25.8 Å². The van der Waals surface area contributed by atoms with Crippen molar-refractivity contribution in [1.82, 2.24) is 0 Å². The lowest BCUT2D eigenvalue weighted by Crippen LogP contribution is -2.28. The van der Waals surface area contributed by atoms with Crippen molar-refractivity contribution in [3.63, 3.8) is 0 Å². The van der Waals surface area contributed by atoms with Crippen LogP contribution < -0.4 is 4.90 Å². The Hall–Kier alpha value is -1.31. The molecule has 0 aliphatic heterocycles. The molecule has 0 N–H and O–H groups in total. The topological polar surface area (TPSA) is 20.3 Å². The fraction of sp³-hybridized carbons (Fsp3) is 0.533. The van der Waals surface area contributed by atoms with E-state index in [9.17, 15) is 4.79 Å². The van der Waals surface area contributed by atoms with Gasteiger partial charge in [0.05, 0.1) is 0 Å². The first-order valence-corrected chi connectivity index (χ1v) is 6.39. The Kier molecular flexibility index (Phi) is 3.51. The zero-order valence-corrected chi connectivity index (χ0v) is 11.0. The normalized spacial score (nSPS) is 19.7. The summed E-state index contributed by atoms with van der Waals surface area (Å²) < 4.78 is 0. The summed E-state index contributed by atoms with van der Waals surface area (Å²) in [5.41, 5.74) is 3.82. The van der Waals surface area contributed by atoms with E-state index in [2.05, 4.69) is 44.0 Å². The maximum absolute atomic E-state index is 11.7. The largest absolute Gasteiger partial charge is 0.374 e. The first kappa shape index (κ1) is 12.2. The molecule has 0 radical (unpaired) electrons. The minimum Gasteiger partial charge on any atom is -0.374 e. The summed E-state index contributed by atoms with van der Waals surface area (Å²) in [5, 5.41) is 0. The molecule has 1 aromatic carbocycles. The average Bonchev–Trinajstić information content (AvgIpc) is 2.64. The Balaban J connectivity index is 2.08. The van der Waals surface area contributed by atoms with E-state index in [1.54, 1.807) is 0 Å². The molecule has 2 nitrogen and oxygen atoms in total. The molecule has 1 atom stereocenters. The second-order valence-electron chi connectivity index (χ2n) is 5.23. The molecule has 0 amide bonds. The second kappa shape index (κ2) is 4.91. The number of Topliss-reactive ketones (excluding diaryl/α,β-unsaturated/α-hetero) is 1. The lowest BCUT2D eigenvalue weighted by atomic mass is 10.1. The standard InChI is InChI=1S/C15H21NO/c1-11-7-8-14(12(2)9-11)16(3)10-13-5-4-6-15(13)17/h7-9,13H,4-6,10H2,1-3H3. The van der Waals surface area contributed by atoms with Gasteiger partial charge in [-0.3, -0.25) is 4.79 Å². The molecular formula is C15H21NO. The molecule has 2 rings (SSSR count). The molecule has 1 fully saturated rings. The van der Waals surface area contributed by atoms with Crippen LogP contribution in [0.25, 0.3) is 0 Å². The van der Waals surface area contributed by atoms with Crippen LogP contribution in [0.2, 0.25) is 0 Å². The van der Waals surface area contributed by atoms with Crippen molar-refractivity contribution in [1.29, 1.82) is 0 Å². The van der Waals surface area contributed by atoms with E-state index in [-0.39, 0.29) is 5.92 Å². The second-order valence-corrected chi connectivity index (χ2v) is 5.23. The van der Waals surface area contributed by atoms with Crippen molar-refractivity contribution in [2.24, 2.45) is 5.92 Å². The number of benzene rings is 1. The predicted molar refractivity (Wildman–Crippen MR) is 71.5 cm³/mol. The van der Waals surface area contributed by atoms with Gasteiger partial charge in [-0.1, -0.05) is 17.7 Å². The first-order valence-electron chi connectivity index (χ1n) is 6.39. The molecule has 1 aliphatic carbocycles. The summed E-state index contributed by atoms with van der Waals surface area (Å²) in [7, 11) is 2.09. The summed E-state index contributed by atoms with van der Waals surface area (Å²) in [6.45, 7) is 5.11. The molecule has 0 saturated heterocycles. The average molecular weight is 231 g/mol. The molecule has 1 unspecified atom stereocenters. The number of carbonyl (C=O) groups excluding carboxylic acids is 1. The van der Waals surface area contributed by atoms with Crippen LogP contribution in [0.5, 0.6) is 0 Å². The van der Waals surface area contributed by atoms with Crippen LogP contribution in [-0.2, 0) is 4.79 Å². The Morgan fingerprint density at radius 2 is 2.12 bits per heavy atom. The molecule has 0 spiro atoms. The van der Waals surface area contributed by atoms with Gasteiger partial charge in [0.2, 0.25) is 0 Å². The van der Waals surface area contributed by atoms with Crippen LogP contribution in [0.4, 0.5) is 5.69 Å². The third-order valence-corrected chi connectivity index (χ3v) is 3.69. The van der Waals surface area contributed by atoms with Gasteiger partial charge in [0.15, 0.2) is 0 Å². The van der Waals surface area contributed by atoms with Crippen LogP contribution in [0.3, 0.4) is 0 Å². The smallest absolute Gasteiger partial charge is 0.137 e. The number of aryl methyl sites for hydroxylation is 2. The van der Waals surface area contributed by atoms with Gasteiger partial charge in [-0.25, -0.2) is 0 Å². The molecule has 1 aliphatic rings. The van der Waals surface area contributed by atoms with E-state index in [0.29, 0.717) is 5.78 Å². The number of rotatable bonds is 3. The minimum absolute atomic E-state index is 0.251. The van der Waals surface area contributed by atoms with Crippen molar-refractivity contribution in [2.45, 2.75) is 33.1 Å². The maximum atomic E-state index is 11.7. The van der Waals surface area contributed by atoms with Gasteiger partial charge >= 0.3 is 0 Å². The van der Waals surface area contributed by atoms with E-state index < -0.39 is 0 Å². The van der Waals surface area contributed by atoms with Gasteiger partial charge in [-0.15, -0.1) is 0 Å². The van der Waals surface area contributed by atoms with Crippen LogP contribution in [0.1, 0.15) is 30.4 Å². The zero-order valence-electron chi connectivity index (χ0n) is 11.0. The van der Waals surface area contributed by atoms with Crippen molar-refractivity contribution in [3.05, 3.63) is 29.3 Å². The van der Waals surface area contributed by atoms with Gasteiger partial charge < -0.3 is 4.90 Å². The molecule has 1 aromatic rings. The molecule has 0 bridgehead atoms. The highest BCUT2D eigenvalue weighted by Crippen LogP contribution is 2.26. The maximum Gasteiger partial charge on any atom is 0.137 e. The van der Waals surface area contributed by atoms with Gasteiger partial charge in [-0.2, -0.15) is 0 Å². The molecule has 0 aromatic heterocycles. The van der Waals surface area contributed by atoms with E-state index in [1.165, 1.54) is 16.8 Å². The predicted octanol–water partition coefficient (Wildman–Crippen LogP) is 3.11. The van der Waals surface area contributed by atoms with E-state index in [4.69, 9.17) is 0 Å². The summed E-state index contributed by atoms with van der Waals surface area (Å²) in [6, 6.07) is 6.49. The first-order chi connectivity index (χ1) is 8.08. The van der Waals surface area contributed by atoms with Gasteiger partial charge in [0, 0.05) is 31.6 Å².